The maximum atomic E-state index is 13.1. The molecule has 28 heavy (non-hydrogen) atoms. The van der Waals surface area contributed by atoms with Crippen LogP contribution in [0.15, 0.2) is 29.5 Å². The molecule has 0 bridgehead atoms. The zero-order chi connectivity index (χ0) is 19.6. The molecule has 3 aliphatic heterocycles. The quantitative estimate of drug-likeness (QED) is 0.679. The van der Waals surface area contributed by atoms with E-state index in [9.17, 15) is 14.4 Å². The third-order valence-corrected chi connectivity index (χ3v) is 5.86. The molecule has 1 fully saturated rings. The molecule has 1 aliphatic carbocycles. The fourth-order valence-corrected chi connectivity index (χ4v) is 4.76. The van der Waals surface area contributed by atoms with Gasteiger partial charge >= 0.3 is 6.03 Å². The molecule has 8 heteroatoms. The summed E-state index contributed by atoms with van der Waals surface area (Å²) in [6, 6.07) is 4.96. The van der Waals surface area contributed by atoms with Crippen molar-refractivity contribution in [2.45, 2.75) is 38.8 Å². The Morgan fingerprint density at radius 1 is 1.04 bits per heavy atom. The molecule has 0 spiro atoms. The van der Waals surface area contributed by atoms with Gasteiger partial charge in [-0.3, -0.25) is 14.9 Å². The number of urea groups is 1. The van der Waals surface area contributed by atoms with Crippen LogP contribution in [0.2, 0.25) is 0 Å². The maximum absolute atomic E-state index is 13.1. The van der Waals surface area contributed by atoms with E-state index >= 15 is 0 Å². The monoisotopic (exact) mass is 383 g/mol. The van der Waals surface area contributed by atoms with Gasteiger partial charge in [-0.05, 0) is 29.5 Å². The Morgan fingerprint density at radius 2 is 1.82 bits per heavy atom. The van der Waals surface area contributed by atoms with Crippen LogP contribution in [-0.2, 0) is 9.59 Å². The van der Waals surface area contributed by atoms with E-state index in [1.54, 1.807) is 6.07 Å². The van der Waals surface area contributed by atoms with Gasteiger partial charge in [0.05, 0.1) is 5.92 Å². The lowest BCUT2D eigenvalue weighted by Gasteiger charge is -2.46. The topological polar surface area (TPSA) is 106 Å². The second kappa shape index (κ2) is 5.73. The Morgan fingerprint density at radius 3 is 2.64 bits per heavy atom. The average molecular weight is 383 g/mol. The molecule has 0 radical (unpaired) electrons. The fraction of sp³-hybridized carbons (Fsp3) is 0.450. The van der Waals surface area contributed by atoms with Crippen LogP contribution in [0.25, 0.3) is 0 Å². The highest BCUT2D eigenvalue weighted by Crippen LogP contribution is 2.48. The van der Waals surface area contributed by atoms with Crippen LogP contribution in [0.5, 0.6) is 11.5 Å². The third-order valence-electron chi connectivity index (χ3n) is 5.86. The minimum Gasteiger partial charge on any atom is -0.454 e. The van der Waals surface area contributed by atoms with E-state index in [4.69, 9.17) is 9.47 Å². The van der Waals surface area contributed by atoms with Crippen molar-refractivity contribution in [1.82, 2.24) is 16.0 Å². The summed E-state index contributed by atoms with van der Waals surface area (Å²) >= 11 is 0. The van der Waals surface area contributed by atoms with Crippen molar-refractivity contribution in [3.8, 4) is 11.5 Å². The van der Waals surface area contributed by atoms with Crippen molar-refractivity contribution in [1.29, 1.82) is 0 Å². The Hall–Kier alpha value is -3.03. The van der Waals surface area contributed by atoms with E-state index in [0.29, 0.717) is 29.9 Å². The van der Waals surface area contributed by atoms with Gasteiger partial charge in [-0.25, -0.2) is 4.79 Å². The summed E-state index contributed by atoms with van der Waals surface area (Å²) in [7, 11) is 0. The summed E-state index contributed by atoms with van der Waals surface area (Å²) < 4.78 is 10.9. The van der Waals surface area contributed by atoms with Gasteiger partial charge in [0.1, 0.15) is 6.17 Å². The van der Waals surface area contributed by atoms with Crippen LogP contribution in [0, 0.1) is 11.3 Å². The first-order chi connectivity index (χ1) is 13.3. The first kappa shape index (κ1) is 17.1. The van der Waals surface area contributed by atoms with Gasteiger partial charge in [-0.2, -0.15) is 0 Å². The van der Waals surface area contributed by atoms with Crippen molar-refractivity contribution in [3.05, 3.63) is 35.0 Å². The van der Waals surface area contributed by atoms with E-state index in [0.717, 1.165) is 11.3 Å². The molecule has 3 unspecified atom stereocenters. The number of nitrogens with one attached hydrogen (secondary N) is 3. The molecule has 4 aliphatic rings. The van der Waals surface area contributed by atoms with E-state index < -0.39 is 29.9 Å². The molecule has 3 N–H and O–H groups in total. The minimum absolute atomic E-state index is 0.0320. The van der Waals surface area contributed by atoms with Gasteiger partial charge in [0, 0.05) is 23.6 Å². The van der Waals surface area contributed by atoms with Crippen LogP contribution >= 0.6 is 0 Å². The van der Waals surface area contributed by atoms with E-state index in [1.165, 1.54) is 0 Å². The van der Waals surface area contributed by atoms with Crippen LogP contribution in [0.1, 0.15) is 38.2 Å². The SMILES string of the molecule is CC1(C)CC(=O)C2=C(C1)NC1NC(=O)NC(=O)C1C2c1ccc2c(c1)OCO2. The molecule has 0 aromatic heterocycles. The number of hydrogen-bond donors (Lipinski definition) is 3. The molecule has 3 amide bonds. The predicted octanol–water partition coefficient (Wildman–Crippen LogP) is 1.53. The second-order valence-electron chi connectivity index (χ2n) is 8.53. The van der Waals surface area contributed by atoms with E-state index in [2.05, 4.69) is 16.0 Å². The molecule has 8 nitrogen and oxygen atoms in total. The maximum Gasteiger partial charge on any atom is 0.323 e. The number of hydrogen-bond acceptors (Lipinski definition) is 6. The van der Waals surface area contributed by atoms with E-state index in [1.807, 2.05) is 26.0 Å². The highest BCUT2D eigenvalue weighted by molar-refractivity contribution is 6.04. The van der Waals surface area contributed by atoms with Gasteiger partial charge in [0.25, 0.3) is 0 Å². The Bertz CT molecular complexity index is 951. The molecule has 3 atom stereocenters. The van der Waals surface area contributed by atoms with Crippen molar-refractivity contribution in [2.75, 3.05) is 6.79 Å². The molecule has 146 valence electrons. The standard InChI is InChI=1S/C20H21N3O5/c1-20(2)6-10-15(11(24)7-20)14(9-3-4-12-13(5-9)28-8-27-12)16-17(21-10)22-19(26)23-18(16)25/h3-5,14,16-17,21H,6-8H2,1-2H3,(H2,22,23,25,26). The highest BCUT2D eigenvalue weighted by Gasteiger charge is 2.51. The van der Waals surface area contributed by atoms with Crippen LogP contribution in [0.4, 0.5) is 4.79 Å². The lowest BCUT2D eigenvalue weighted by Crippen LogP contribution is -2.66. The predicted molar refractivity (Wildman–Crippen MR) is 97.4 cm³/mol. The number of allylic oxidation sites excluding steroid dienone is 2. The van der Waals surface area contributed by atoms with Gasteiger partial charge < -0.3 is 20.1 Å². The lowest BCUT2D eigenvalue weighted by molar-refractivity contribution is -0.127. The highest BCUT2D eigenvalue weighted by atomic mass is 16.7. The molecular formula is C20H21N3O5. The Labute approximate surface area is 161 Å². The first-order valence-electron chi connectivity index (χ1n) is 9.36. The molecule has 3 heterocycles. The third kappa shape index (κ3) is 2.55. The van der Waals surface area contributed by atoms with Crippen molar-refractivity contribution >= 4 is 17.7 Å². The van der Waals surface area contributed by atoms with Gasteiger partial charge in [-0.15, -0.1) is 0 Å². The summed E-state index contributed by atoms with van der Waals surface area (Å²) in [4.78, 5) is 37.8. The smallest absolute Gasteiger partial charge is 0.323 e. The molecule has 1 saturated heterocycles. The van der Waals surface area contributed by atoms with Gasteiger partial charge in [0.2, 0.25) is 12.7 Å². The summed E-state index contributed by atoms with van der Waals surface area (Å²) in [6.45, 7) is 4.24. The lowest BCUT2D eigenvalue weighted by atomic mass is 9.66. The summed E-state index contributed by atoms with van der Waals surface area (Å²) in [5, 5.41) is 8.40. The molecular weight excluding hydrogens is 362 g/mol. The first-order valence-corrected chi connectivity index (χ1v) is 9.36. The fourth-order valence-electron chi connectivity index (χ4n) is 4.76. The summed E-state index contributed by atoms with van der Waals surface area (Å²) in [5.41, 5.74) is 2.05. The number of fused-ring (bicyclic) bond motifs is 2. The number of rotatable bonds is 1. The number of ether oxygens (including phenoxy) is 2. The Balaban J connectivity index is 1.67. The number of imide groups is 1. The number of Topliss-reactive ketones (excluding diaryl/α,β-unsaturated/α-hetero) is 1. The summed E-state index contributed by atoms with van der Waals surface area (Å²) in [5.74, 6) is -0.237. The Kier molecular flexibility index (Phi) is 3.50. The average Bonchev–Trinajstić information content (AvgIpc) is 3.06. The second-order valence-corrected chi connectivity index (χ2v) is 8.53. The van der Waals surface area contributed by atoms with Crippen LogP contribution < -0.4 is 25.4 Å². The van der Waals surface area contributed by atoms with Gasteiger partial charge in [-0.1, -0.05) is 19.9 Å². The number of benzene rings is 1. The van der Waals surface area contributed by atoms with Crippen LogP contribution in [0.3, 0.4) is 0 Å². The van der Waals surface area contributed by atoms with Crippen molar-refractivity contribution < 1.29 is 23.9 Å². The largest absolute Gasteiger partial charge is 0.454 e. The van der Waals surface area contributed by atoms with E-state index in [-0.39, 0.29) is 18.0 Å². The number of carbonyl (C=O) groups is 3. The molecule has 1 aromatic rings. The van der Waals surface area contributed by atoms with Gasteiger partial charge in [0.15, 0.2) is 17.3 Å². The zero-order valence-electron chi connectivity index (χ0n) is 15.6. The van der Waals surface area contributed by atoms with Crippen molar-refractivity contribution in [3.63, 3.8) is 0 Å². The normalized spacial score (nSPS) is 30.1. The number of ketones is 1. The molecule has 1 aromatic carbocycles. The number of amides is 3. The van der Waals surface area contributed by atoms with Crippen LogP contribution in [-0.4, -0.2) is 30.7 Å². The zero-order valence-corrected chi connectivity index (χ0v) is 15.6. The molecule has 0 saturated carbocycles. The minimum atomic E-state index is -0.637. The number of carbonyl (C=O) groups excluding carboxylic acids is 3. The molecule has 5 rings (SSSR count). The summed E-state index contributed by atoms with van der Waals surface area (Å²) in [6.07, 6.45) is 0.521. The van der Waals surface area contributed by atoms with Crippen molar-refractivity contribution in [2.24, 2.45) is 11.3 Å².